The molecule has 0 spiro atoms. The summed E-state index contributed by atoms with van der Waals surface area (Å²) in [6.45, 7) is 0.657. The van der Waals surface area contributed by atoms with Crippen LogP contribution in [0.2, 0.25) is 0 Å². The van der Waals surface area contributed by atoms with Crippen LogP contribution in [0, 0.1) is 5.82 Å². The lowest BCUT2D eigenvalue weighted by Gasteiger charge is -2.40. The Labute approximate surface area is 151 Å². The molecule has 1 amide bonds. The third kappa shape index (κ3) is 5.02. The summed E-state index contributed by atoms with van der Waals surface area (Å²) < 4.78 is 13.2. The van der Waals surface area contributed by atoms with Crippen LogP contribution in [0.5, 0.6) is 0 Å². The fourth-order valence-electron chi connectivity index (χ4n) is 3.85. The molecule has 5 heteroatoms. The first-order valence-electron chi connectivity index (χ1n) is 9.23. The molecule has 1 aliphatic rings. The molecule has 1 atom stereocenters. The van der Waals surface area contributed by atoms with Crippen LogP contribution in [-0.4, -0.2) is 56.0 Å². The van der Waals surface area contributed by atoms with Crippen molar-refractivity contribution >= 4 is 5.91 Å². The summed E-state index contributed by atoms with van der Waals surface area (Å²) in [5.41, 5.74) is 0.843. The van der Waals surface area contributed by atoms with E-state index in [1.54, 1.807) is 12.1 Å². The molecule has 0 aromatic heterocycles. The van der Waals surface area contributed by atoms with Crippen LogP contribution >= 0.6 is 0 Å². The summed E-state index contributed by atoms with van der Waals surface area (Å²) in [6.07, 6.45) is 7.21. The minimum absolute atomic E-state index is 0.0259. The van der Waals surface area contributed by atoms with E-state index in [1.807, 2.05) is 19.0 Å². The molecule has 4 nitrogen and oxygen atoms in total. The van der Waals surface area contributed by atoms with E-state index in [-0.39, 0.29) is 17.3 Å². The van der Waals surface area contributed by atoms with Gasteiger partial charge < -0.3 is 10.2 Å². The van der Waals surface area contributed by atoms with Crippen LogP contribution in [0.25, 0.3) is 0 Å². The molecule has 0 heterocycles. The lowest BCUT2D eigenvalue weighted by Crippen LogP contribution is -2.53. The van der Waals surface area contributed by atoms with Gasteiger partial charge in [0, 0.05) is 12.1 Å². The van der Waals surface area contributed by atoms with Gasteiger partial charge in [-0.1, -0.05) is 37.8 Å². The van der Waals surface area contributed by atoms with Crippen molar-refractivity contribution in [1.29, 1.82) is 0 Å². The number of rotatable bonds is 6. The van der Waals surface area contributed by atoms with Crippen LogP contribution in [0.15, 0.2) is 24.3 Å². The van der Waals surface area contributed by atoms with Crippen molar-refractivity contribution in [2.75, 3.05) is 34.7 Å². The smallest absolute Gasteiger partial charge is 0.242 e. The number of carbonyl (C=O) groups excluding carboxylic acids is 1. The maximum atomic E-state index is 13.2. The highest BCUT2D eigenvalue weighted by molar-refractivity contribution is 5.83. The molecule has 1 aliphatic carbocycles. The number of hydrogen-bond donors (Lipinski definition) is 1. The molecule has 0 saturated heterocycles. The van der Waals surface area contributed by atoms with Gasteiger partial charge in [-0.25, -0.2) is 4.39 Å². The van der Waals surface area contributed by atoms with Gasteiger partial charge in [-0.05, 0) is 58.7 Å². The van der Waals surface area contributed by atoms with E-state index in [1.165, 1.54) is 37.8 Å². The van der Waals surface area contributed by atoms with Crippen molar-refractivity contribution in [3.8, 4) is 0 Å². The van der Waals surface area contributed by atoms with E-state index < -0.39 is 6.04 Å². The molecule has 1 unspecified atom stereocenters. The van der Waals surface area contributed by atoms with Gasteiger partial charge in [0.1, 0.15) is 11.9 Å². The first-order chi connectivity index (χ1) is 11.9. The molecular weight excluding hydrogens is 317 g/mol. The number of benzene rings is 1. The highest BCUT2D eigenvalue weighted by atomic mass is 19.1. The lowest BCUT2D eigenvalue weighted by molar-refractivity contribution is -0.126. The van der Waals surface area contributed by atoms with Crippen molar-refractivity contribution in [2.45, 2.75) is 50.1 Å². The molecule has 1 aromatic carbocycles. The van der Waals surface area contributed by atoms with Gasteiger partial charge in [-0.3, -0.25) is 9.69 Å². The quantitative estimate of drug-likeness (QED) is 0.801. The zero-order valence-electron chi connectivity index (χ0n) is 16.0. The van der Waals surface area contributed by atoms with Crippen LogP contribution in [0.4, 0.5) is 4.39 Å². The predicted molar refractivity (Wildman–Crippen MR) is 100.0 cm³/mol. The van der Waals surface area contributed by atoms with Gasteiger partial charge in [0.25, 0.3) is 0 Å². The number of nitrogens with zero attached hydrogens (tertiary/aromatic N) is 2. The van der Waals surface area contributed by atoms with E-state index >= 15 is 0 Å². The second-order valence-corrected chi connectivity index (χ2v) is 7.67. The average molecular weight is 349 g/mol. The highest BCUT2D eigenvalue weighted by Gasteiger charge is 2.34. The zero-order chi connectivity index (χ0) is 18.4. The van der Waals surface area contributed by atoms with Crippen molar-refractivity contribution in [1.82, 2.24) is 15.1 Å². The third-order valence-electron chi connectivity index (χ3n) is 5.53. The molecule has 140 valence electrons. The molecular formula is C20H32FN3O. The second-order valence-electron chi connectivity index (χ2n) is 7.67. The van der Waals surface area contributed by atoms with Gasteiger partial charge in [-0.2, -0.15) is 0 Å². The second kappa shape index (κ2) is 8.77. The molecule has 1 saturated carbocycles. The van der Waals surface area contributed by atoms with E-state index in [0.717, 1.165) is 18.4 Å². The normalized spacial score (nSPS) is 18.8. The van der Waals surface area contributed by atoms with Gasteiger partial charge in [0.2, 0.25) is 5.91 Å². The third-order valence-corrected chi connectivity index (χ3v) is 5.53. The minimum atomic E-state index is -0.411. The van der Waals surface area contributed by atoms with E-state index in [0.29, 0.717) is 6.54 Å². The summed E-state index contributed by atoms with van der Waals surface area (Å²) >= 11 is 0. The van der Waals surface area contributed by atoms with Crippen molar-refractivity contribution in [2.24, 2.45) is 0 Å². The molecule has 0 radical (unpaired) electrons. The SMILES string of the molecule is CN(C)C(C(=O)NCC1(N(C)C)CCCCCC1)c1ccc(F)cc1. The van der Waals surface area contributed by atoms with Gasteiger partial charge in [0.15, 0.2) is 0 Å². The Morgan fingerprint density at radius 3 is 2.12 bits per heavy atom. The van der Waals surface area contributed by atoms with E-state index in [4.69, 9.17) is 0 Å². The van der Waals surface area contributed by atoms with Crippen molar-refractivity contribution < 1.29 is 9.18 Å². The fourth-order valence-corrected chi connectivity index (χ4v) is 3.85. The van der Waals surface area contributed by atoms with Gasteiger partial charge >= 0.3 is 0 Å². The summed E-state index contributed by atoms with van der Waals surface area (Å²) in [5.74, 6) is -0.311. The molecule has 1 aromatic rings. The summed E-state index contributed by atoms with van der Waals surface area (Å²) in [4.78, 5) is 17.1. The van der Waals surface area contributed by atoms with Crippen molar-refractivity contribution in [3.63, 3.8) is 0 Å². The molecule has 1 fully saturated rings. The average Bonchev–Trinajstić information content (AvgIpc) is 2.81. The standard InChI is InChI=1S/C20H32FN3O/c1-23(2)18(16-9-11-17(21)12-10-16)19(25)22-15-20(24(3)4)13-7-5-6-8-14-20/h9-12,18H,5-8,13-15H2,1-4H3,(H,22,25). The van der Waals surface area contributed by atoms with E-state index in [9.17, 15) is 9.18 Å². The topological polar surface area (TPSA) is 35.6 Å². The molecule has 0 bridgehead atoms. The number of carbonyl (C=O) groups is 1. The Morgan fingerprint density at radius 1 is 1.08 bits per heavy atom. The van der Waals surface area contributed by atoms with E-state index in [2.05, 4.69) is 24.3 Å². The first-order valence-corrected chi connectivity index (χ1v) is 9.23. The van der Waals surface area contributed by atoms with Crippen LogP contribution in [0.3, 0.4) is 0 Å². The maximum Gasteiger partial charge on any atom is 0.242 e. The maximum absolute atomic E-state index is 13.2. The summed E-state index contributed by atoms with van der Waals surface area (Å²) in [5, 5.41) is 3.18. The lowest BCUT2D eigenvalue weighted by atomic mass is 9.88. The highest BCUT2D eigenvalue weighted by Crippen LogP contribution is 2.31. The molecule has 1 N–H and O–H groups in total. The Hall–Kier alpha value is -1.46. The zero-order valence-corrected chi connectivity index (χ0v) is 16.0. The van der Waals surface area contributed by atoms with Crippen LogP contribution in [0.1, 0.15) is 50.1 Å². The van der Waals surface area contributed by atoms with Crippen LogP contribution in [-0.2, 0) is 4.79 Å². The molecule has 2 rings (SSSR count). The Kier molecular flexibility index (Phi) is 6.96. The minimum Gasteiger partial charge on any atom is -0.353 e. The van der Waals surface area contributed by atoms with Gasteiger partial charge in [0.05, 0.1) is 0 Å². The largest absolute Gasteiger partial charge is 0.353 e. The number of nitrogens with one attached hydrogen (secondary N) is 1. The summed E-state index contributed by atoms with van der Waals surface area (Å²) in [6, 6.07) is 5.78. The van der Waals surface area contributed by atoms with Gasteiger partial charge in [-0.15, -0.1) is 0 Å². The Morgan fingerprint density at radius 2 is 1.64 bits per heavy atom. The molecule has 25 heavy (non-hydrogen) atoms. The van der Waals surface area contributed by atoms with Crippen molar-refractivity contribution in [3.05, 3.63) is 35.6 Å². The predicted octanol–water partition coefficient (Wildman–Crippen LogP) is 3.20. The Bertz CT molecular complexity index is 549. The fraction of sp³-hybridized carbons (Fsp3) is 0.650. The number of amides is 1. The monoisotopic (exact) mass is 349 g/mol. The first kappa shape index (κ1) is 19.9. The summed E-state index contributed by atoms with van der Waals surface area (Å²) in [7, 11) is 7.98. The Balaban J connectivity index is 2.10. The molecule has 0 aliphatic heterocycles. The number of likely N-dealkylation sites (N-methyl/N-ethyl adjacent to an activating group) is 2. The number of halogens is 1. The van der Waals surface area contributed by atoms with Crippen LogP contribution < -0.4 is 5.32 Å². The number of hydrogen-bond acceptors (Lipinski definition) is 3.